The topological polar surface area (TPSA) is 187 Å². The number of Topliss-reactive ketones (excluding diaryl/α,β-unsaturated/α-hetero) is 3. The summed E-state index contributed by atoms with van der Waals surface area (Å²) in [5.41, 5.74) is 8.77. The van der Waals surface area contributed by atoms with Crippen LogP contribution in [0.5, 0.6) is 5.75 Å². The van der Waals surface area contributed by atoms with Gasteiger partial charge < -0.3 is 25.1 Å². The number of halogens is 2. The molecule has 0 fully saturated rings. The molecule has 3 aromatic heterocycles. The quantitative estimate of drug-likeness (QED) is 0.0589. The number of anilines is 3. The smallest absolute Gasteiger partial charge is 0.291 e. The molecule has 6 aromatic carbocycles. The lowest BCUT2D eigenvalue weighted by Gasteiger charge is -2.07. The lowest BCUT2D eigenvalue weighted by molar-refractivity contribution is -0.119. The molecule has 0 aliphatic rings. The zero-order valence-corrected chi connectivity index (χ0v) is 46.0. The van der Waals surface area contributed by atoms with Crippen molar-refractivity contribution in [3.8, 4) is 5.75 Å². The second-order valence-corrected chi connectivity index (χ2v) is 19.4. The first-order chi connectivity index (χ1) is 39.3. The molecule has 0 saturated carbocycles. The van der Waals surface area contributed by atoms with E-state index in [4.69, 9.17) is 32.4 Å². The Morgan fingerprint density at radius 2 is 0.926 bits per heavy atom. The number of hydrogen-bond donors (Lipinski definition) is 3. The van der Waals surface area contributed by atoms with Crippen LogP contribution >= 0.6 is 23.2 Å². The first-order valence-electron chi connectivity index (χ1n) is 26.1. The van der Waals surface area contributed by atoms with E-state index in [1.165, 1.54) is 30.1 Å². The molecule has 0 atom stereocenters. The molecule has 15 heteroatoms. The fourth-order valence-corrected chi connectivity index (χ4v) is 8.38. The van der Waals surface area contributed by atoms with Crippen molar-refractivity contribution in [3.63, 3.8) is 0 Å². The molecule has 410 valence electrons. The van der Waals surface area contributed by atoms with Gasteiger partial charge in [0.2, 0.25) is 0 Å². The molecule has 3 N–H and O–H groups in total. The van der Waals surface area contributed by atoms with E-state index in [-0.39, 0.29) is 52.5 Å². The lowest BCUT2D eigenvalue weighted by atomic mass is 10.0. The predicted octanol–water partition coefficient (Wildman–Crippen LogP) is 13.7. The standard InChI is InChI=1S/C23H22N2O3.C22H19ClN2O2.C21H18ClNO3/c1-28-22-9-5-8-18(14-22)23(27)25-20-12-11-19(24-16-20)15-21(26)13-10-17-6-3-2-4-7-17;23-19-13-18(14-24-15-19)22(27)25-20-9-6-17(7-10-20)12-21(26)11-8-16-4-2-1-3-5-16;22-20-13-12-19(26-20)21(25)23-17-9-6-16(7-10-17)14-18(24)11-8-15-4-2-1-3-5-15/h2-9,11-12,14,16H,10,13,15H2,1H3,(H,25,27);1-7,9-10,13-15H,8,11-12H2,(H,25,27);1-7,9-10,12-13H,8,11,14H2,(H,23,25). The van der Waals surface area contributed by atoms with Crippen LogP contribution in [-0.2, 0) is 52.9 Å². The summed E-state index contributed by atoms with van der Waals surface area (Å²) in [5.74, 6) is 0.402. The second-order valence-electron chi connectivity index (χ2n) is 18.6. The molecule has 3 heterocycles. The van der Waals surface area contributed by atoms with Crippen LogP contribution in [0.15, 0.2) is 217 Å². The summed E-state index contributed by atoms with van der Waals surface area (Å²) in [6, 6.07) is 59.4. The monoisotopic (exact) mass is 1120 g/mol. The third-order valence-electron chi connectivity index (χ3n) is 12.4. The SMILES string of the molecule is COc1cccc(C(=O)Nc2ccc(CC(=O)CCc3ccccc3)nc2)c1.O=C(CCc1ccccc1)Cc1ccc(NC(=O)c2ccc(Cl)o2)cc1.O=C(CCc1ccccc1)Cc1ccc(NC(=O)c2cncc(Cl)c2)cc1. The minimum atomic E-state index is -0.372. The Labute approximate surface area is 480 Å². The van der Waals surface area contributed by atoms with Gasteiger partial charge in [-0.2, -0.15) is 0 Å². The van der Waals surface area contributed by atoms with E-state index >= 15 is 0 Å². The van der Waals surface area contributed by atoms with Crippen LogP contribution in [0.1, 0.15) is 84.0 Å². The molecule has 9 aromatic rings. The highest BCUT2D eigenvalue weighted by Crippen LogP contribution is 2.20. The van der Waals surface area contributed by atoms with Gasteiger partial charge >= 0.3 is 0 Å². The minimum Gasteiger partial charge on any atom is -0.497 e. The van der Waals surface area contributed by atoms with Crippen molar-refractivity contribution in [1.29, 1.82) is 0 Å². The fourth-order valence-electron chi connectivity index (χ4n) is 8.06. The Balaban J connectivity index is 0.000000175. The van der Waals surface area contributed by atoms with Crippen LogP contribution in [0.25, 0.3) is 0 Å². The Bertz CT molecular complexity index is 3490. The predicted molar refractivity (Wildman–Crippen MR) is 317 cm³/mol. The number of nitrogens with one attached hydrogen (secondary N) is 3. The molecule has 13 nitrogen and oxygen atoms in total. The minimum absolute atomic E-state index is 0.143. The van der Waals surface area contributed by atoms with E-state index in [2.05, 4.69) is 25.9 Å². The van der Waals surface area contributed by atoms with Crippen molar-refractivity contribution in [2.24, 2.45) is 0 Å². The summed E-state index contributed by atoms with van der Waals surface area (Å²) in [5, 5.41) is 8.88. The van der Waals surface area contributed by atoms with Crippen LogP contribution in [0.3, 0.4) is 0 Å². The maximum Gasteiger partial charge on any atom is 0.291 e. The van der Waals surface area contributed by atoms with Gasteiger partial charge in [0, 0.05) is 73.6 Å². The molecular weight excluding hydrogens is 1060 g/mol. The van der Waals surface area contributed by atoms with Crippen molar-refractivity contribution in [1.82, 2.24) is 9.97 Å². The maximum atomic E-state index is 12.3. The Morgan fingerprint density at radius 3 is 1.40 bits per heavy atom. The number of benzene rings is 6. The zero-order chi connectivity index (χ0) is 57.2. The number of rotatable bonds is 22. The first kappa shape index (κ1) is 59.4. The van der Waals surface area contributed by atoms with Crippen molar-refractivity contribution in [2.75, 3.05) is 23.1 Å². The number of aryl methyl sites for hydroxylation is 3. The number of amides is 3. The second kappa shape index (κ2) is 31.3. The average Bonchev–Trinajstić information content (AvgIpc) is 3.97. The van der Waals surface area contributed by atoms with Crippen LogP contribution < -0.4 is 20.7 Å². The Kier molecular flexibility index (Phi) is 23.0. The van der Waals surface area contributed by atoms with Gasteiger partial charge in [-0.1, -0.05) is 133 Å². The van der Waals surface area contributed by atoms with Gasteiger partial charge in [0.1, 0.15) is 23.1 Å². The summed E-state index contributed by atoms with van der Waals surface area (Å²) < 4.78 is 10.2. The van der Waals surface area contributed by atoms with E-state index in [9.17, 15) is 28.8 Å². The van der Waals surface area contributed by atoms with Crippen molar-refractivity contribution in [2.45, 2.75) is 57.8 Å². The number of ether oxygens (including phenoxy) is 1. The highest BCUT2D eigenvalue weighted by Gasteiger charge is 2.14. The van der Waals surface area contributed by atoms with E-state index in [1.807, 2.05) is 115 Å². The molecule has 0 aliphatic carbocycles. The van der Waals surface area contributed by atoms with Gasteiger partial charge in [-0.05, 0) is 131 Å². The molecule has 81 heavy (non-hydrogen) atoms. The zero-order valence-electron chi connectivity index (χ0n) is 44.5. The molecule has 0 radical (unpaired) electrons. The van der Waals surface area contributed by atoms with Gasteiger partial charge in [-0.25, -0.2) is 0 Å². The highest BCUT2D eigenvalue weighted by atomic mass is 35.5. The fraction of sp³-hybridized carbons (Fsp3) is 0.152. The summed E-state index contributed by atoms with van der Waals surface area (Å²) in [6.45, 7) is 0. The summed E-state index contributed by atoms with van der Waals surface area (Å²) in [7, 11) is 1.56. The van der Waals surface area contributed by atoms with Crippen LogP contribution in [0, 0.1) is 0 Å². The van der Waals surface area contributed by atoms with Crippen molar-refractivity contribution >= 4 is 75.3 Å². The number of ketones is 3. The van der Waals surface area contributed by atoms with Gasteiger partial charge in [0.05, 0.1) is 29.6 Å². The van der Waals surface area contributed by atoms with E-state index < -0.39 is 0 Å². The summed E-state index contributed by atoms with van der Waals surface area (Å²) in [6.07, 6.45) is 9.31. The van der Waals surface area contributed by atoms with Gasteiger partial charge in [-0.3, -0.25) is 38.7 Å². The van der Waals surface area contributed by atoms with Crippen molar-refractivity contribution < 1.29 is 37.9 Å². The lowest BCUT2D eigenvalue weighted by Crippen LogP contribution is -2.12. The molecule has 0 aliphatic heterocycles. The summed E-state index contributed by atoms with van der Waals surface area (Å²) >= 11 is 11.5. The normalized spacial score (nSPS) is 10.4. The molecule has 0 bridgehead atoms. The molecular formula is C66H59Cl2N5O8. The number of furan rings is 1. The number of methoxy groups -OCH3 is 1. The third-order valence-corrected chi connectivity index (χ3v) is 12.8. The number of carbonyl (C=O) groups excluding carboxylic acids is 6. The van der Waals surface area contributed by atoms with Gasteiger partial charge in [-0.15, -0.1) is 0 Å². The van der Waals surface area contributed by atoms with Crippen LogP contribution in [0.2, 0.25) is 10.2 Å². The number of aromatic nitrogens is 2. The molecule has 0 saturated heterocycles. The molecule has 0 spiro atoms. The van der Waals surface area contributed by atoms with E-state index in [0.29, 0.717) is 76.8 Å². The Hall–Kier alpha value is -9.30. The average molecular weight is 1120 g/mol. The first-order valence-corrected chi connectivity index (χ1v) is 26.8. The third kappa shape index (κ3) is 20.8. The Morgan fingerprint density at radius 1 is 0.444 bits per heavy atom. The number of pyridine rings is 2. The molecule has 3 amide bonds. The molecule has 0 unspecified atom stereocenters. The number of nitrogens with zero attached hydrogens (tertiary/aromatic N) is 2. The van der Waals surface area contributed by atoms with Gasteiger partial charge in [0.25, 0.3) is 17.7 Å². The van der Waals surface area contributed by atoms with Gasteiger partial charge in [0.15, 0.2) is 11.0 Å². The van der Waals surface area contributed by atoms with Crippen LogP contribution in [0.4, 0.5) is 17.1 Å². The van der Waals surface area contributed by atoms with E-state index in [0.717, 1.165) is 41.5 Å². The largest absolute Gasteiger partial charge is 0.497 e. The number of hydrogen-bond acceptors (Lipinski definition) is 10. The van der Waals surface area contributed by atoms with Crippen molar-refractivity contribution in [3.05, 3.63) is 273 Å². The summed E-state index contributed by atoms with van der Waals surface area (Å²) in [4.78, 5) is 81.2. The maximum absolute atomic E-state index is 12.3. The highest BCUT2D eigenvalue weighted by molar-refractivity contribution is 6.31. The number of carbonyl (C=O) groups is 6. The van der Waals surface area contributed by atoms with E-state index in [1.54, 1.807) is 80.0 Å². The van der Waals surface area contributed by atoms with Crippen LogP contribution in [-0.4, -0.2) is 52.1 Å². The molecule has 9 rings (SSSR count).